The quantitative estimate of drug-likeness (QED) is 0.712. The average Bonchev–Trinajstić information content (AvgIpc) is 2.72. The Morgan fingerprint density at radius 1 is 1.38 bits per heavy atom. The van der Waals surface area contributed by atoms with Crippen molar-refractivity contribution in [3.05, 3.63) is 36.0 Å². The van der Waals surface area contributed by atoms with Crippen LogP contribution in [-0.2, 0) is 5.41 Å². The lowest BCUT2D eigenvalue weighted by Gasteiger charge is -2.45. The number of rotatable bonds is 2. The largest absolute Gasteiger partial charge is 0.393 e. The highest BCUT2D eigenvalue weighted by molar-refractivity contribution is 5.84. The molecule has 0 radical (unpaired) electrons. The van der Waals surface area contributed by atoms with E-state index in [4.69, 9.17) is 5.73 Å². The van der Waals surface area contributed by atoms with Crippen LogP contribution in [0.3, 0.4) is 0 Å². The molecule has 84 valence electrons. The van der Waals surface area contributed by atoms with Gasteiger partial charge >= 0.3 is 0 Å². The molecule has 3 nitrogen and oxygen atoms in total. The van der Waals surface area contributed by atoms with E-state index in [-0.39, 0.29) is 11.5 Å². The summed E-state index contributed by atoms with van der Waals surface area (Å²) < 4.78 is 0. The maximum Gasteiger partial charge on any atom is 0.0558 e. The molecule has 1 saturated carbocycles. The van der Waals surface area contributed by atoms with Crippen LogP contribution in [0.15, 0.2) is 30.5 Å². The first kappa shape index (κ1) is 9.87. The van der Waals surface area contributed by atoms with Gasteiger partial charge in [-0.3, -0.25) is 0 Å². The van der Waals surface area contributed by atoms with Gasteiger partial charge in [0.05, 0.1) is 6.10 Å². The lowest BCUT2D eigenvalue weighted by Crippen LogP contribution is -2.49. The van der Waals surface area contributed by atoms with Crippen LogP contribution in [0, 0.1) is 0 Å². The molecule has 16 heavy (non-hydrogen) atoms. The third-order valence-electron chi connectivity index (χ3n) is 3.81. The minimum atomic E-state index is -0.183. The smallest absolute Gasteiger partial charge is 0.0558 e. The van der Waals surface area contributed by atoms with Gasteiger partial charge in [-0.1, -0.05) is 12.1 Å². The Labute approximate surface area is 94.3 Å². The van der Waals surface area contributed by atoms with Gasteiger partial charge in [0, 0.05) is 29.1 Å². The van der Waals surface area contributed by atoms with E-state index in [0.29, 0.717) is 6.54 Å². The second-order valence-corrected chi connectivity index (χ2v) is 4.79. The zero-order chi connectivity index (χ0) is 11.2. The summed E-state index contributed by atoms with van der Waals surface area (Å²) in [7, 11) is 0. The Bertz CT molecular complexity index is 511. The number of H-pyrrole nitrogens is 1. The monoisotopic (exact) mass is 216 g/mol. The number of aromatic amines is 1. The molecule has 3 rings (SSSR count). The Balaban J connectivity index is 2.14. The van der Waals surface area contributed by atoms with Crippen molar-refractivity contribution in [1.29, 1.82) is 0 Å². The first-order valence-electron chi connectivity index (χ1n) is 5.70. The average molecular weight is 216 g/mol. The highest BCUT2D eigenvalue weighted by Gasteiger charge is 2.44. The van der Waals surface area contributed by atoms with Crippen LogP contribution in [0.5, 0.6) is 0 Å². The predicted molar refractivity (Wildman–Crippen MR) is 64.3 cm³/mol. The Morgan fingerprint density at radius 3 is 2.88 bits per heavy atom. The molecule has 1 aliphatic rings. The van der Waals surface area contributed by atoms with Crippen molar-refractivity contribution in [2.24, 2.45) is 5.73 Å². The van der Waals surface area contributed by atoms with Crippen LogP contribution < -0.4 is 5.73 Å². The normalized spacial score (nSPS) is 29.2. The van der Waals surface area contributed by atoms with Crippen LogP contribution in [0.4, 0.5) is 0 Å². The van der Waals surface area contributed by atoms with E-state index in [1.54, 1.807) is 0 Å². The summed E-state index contributed by atoms with van der Waals surface area (Å²) in [6, 6.07) is 8.34. The van der Waals surface area contributed by atoms with Crippen molar-refractivity contribution in [1.82, 2.24) is 4.98 Å². The van der Waals surface area contributed by atoms with Gasteiger partial charge in [-0.05, 0) is 30.5 Å². The number of aliphatic hydroxyl groups is 1. The van der Waals surface area contributed by atoms with Crippen molar-refractivity contribution >= 4 is 10.9 Å². The summed E-state index contributed by atoms with van der Waals surface area (Å²) in [6.45, 7) is 0.606. The fourth-order valence-electron chi connectivity index (χ4n) is 2.89. The van der Waals surface area contributed by atoms with Crippen LogP contribution in [0.2, 0.25) is 0 Å². The molecule has 0 unspecified atom stereocenters. The van der Waals surface area contributed by atoms with Gasteiger partial charge in [0.25, 0.3) is 0 Å². The summed E-state index contributed by atoms with van der Waals surface area (Å²) in [5.74, 6) is 0. The Morgan fingerprint density at radius 2 is 2.19 bits per heavy atom. The summed E-state index contributed by atoms with van der Waals surface area (Å²) in [5, 5.41) is 10.8. The van der Waals surface area contributed by atoms with Gasteiger partial charge in [0.15, 0.2) is 0 Å². The zero-order valence-electron chi connectivity index (χ0n) is 9.11. The summed E-state index contributed by atoms with van der Waals surface area (Å²) >= 11 is 0. The van der Waals surface area contributed by atoms with E-state index in [1.165, 1.54) is 10.9 Å². The van der Waals surface area contributed by atoms with E-state index < -0.39 is 0 Å². The number of fused-ring (bicyclic) bond motifs is 1. The van der Waals surface area contributed by atoms with Crippen molar-refractivity contribution < 1.29 is 5.11 Å². The fourth-order valence-corrected chi connectivity index (χ4v) is 2.89. The number of aromatic nitrogens is 1. The highest BCUT2D eigenvalue weighted by atomic mass is 16.3. The van der Waals surface area contributed by atoms with Gasteiger partial charge in [0.2, 0.25) is 0 Å². The first-order valence-corrected chi connectivity index (χ1v) is 5.70. The van der Waals surface area contributed by atoms with E-state index in [2.05, 4.69) is 29.2 Å². The molecule has 0 bridgehead atoms. The summed E-state index contributed by atoms with van der Waals surface area (Å²) in [6.07, 6.45) is 3.34. The predicted octanol–water partition coefficient (Wildman–Crippen LogP) is 1.52. The van der Waals surface area contributed by atoms with Crippen molar-refractivity contribution in [3.8, 4) is 0 Å². The molecule has 0 spiro atoms. The Kier molecular flexibility index (Phi) is 2.06. The molecule has 1 aliphatic carbocycles. The van der Waals surface area contributed by atoms with Gasteiger partial charge in [-0.15, -0.1) is 0 Å². The van der Waals surface area contributed by atoms with Crippen molar-refractivity contribution in [2.45, 2.75) is 24.4 Å². The molecule has 2 aromatic rings. The molecule has 0 saturated heterocycles. The second kappa shape index (κ2) is 3.34. The molecular weight excluding hydrogens is 200 g/mol. The molecule has 1 fully saturated rings. The van der Waals surface area contributed by atoms with E-state index >= 15 is 0 Å². The first-order chi connectivity index (χ1) is 7.75. The van der Waals surface area contributed by atoms with Crippen LogP contribution in [0.25, 0.3) is 10.9 Å². The minimum Gasteiger partial charge on any atom is -0.393 e. The number of nitrogens with one attached hydrogen (secondary N) is 1. The topological polar surface area (TPSA) is 62.0 Å². The maximum absolute atomic E-state index is 9.54. The van der Waals surface area contributed by atoms with Gasteiger partial charge in [-0.25, -0.2) is 0 Å². The molecular formula is C13H16N2O. The van der Waals surface area contributed by atoms with Gasteiger partial charge in [0.1, 0.15) is 0 Å². The van der Waals surface area contributed by atoms with Gasteiger partial charge in [-0.2, -0.15) is 0 Å². The third-order valence-corrected chi connectivity index (χ3v) is 3.81. The molecule has 0 atom stereocenters. The van der Waals surface area contributed by atoms with Crippen LogP contribution in [0.1, 0.15) is 18.4 Å². The number of hydrogen-bond acceptors (Lipinski definition) is 2. The molecule has 1 aromatic heterocycles. The zero-order valence-corrected chi connectivity index (χ0v) is 9.11. The van der Waals surface area contributed by atoms with E-state index in [1.807, 2.05) is 6.20 Å². The number of nitrogens with two attached hydrogens (primary N) is 1. The molecule has 1 aromatic carbocycles. The molecule has 0 aliphatic heterocycles. The fraction of sp³-hybridized carbons (Fsp3) is 0.385. The van der Waals surface area contributed by atoms with Gasteiger partial charge < -0.3 is 15.8 Å². The SMILES string of the molecule is NCC1(c2cccc3[nH]ccc23)CC(O)C1. The molecule has 3 heteroatoms. The summed E-state index contributed by atoms with van der Waals surface area (Å²) in [5.41, 5.74) is 8.31. The third kappa shape index (κ3) is 1.22. The van der Waals surface area contributed by atoms with Crippen LogP contribution >= 0.6 is 0 Å². The van der Waals surface area contributed by atoms with E-state index in [0.717, 1.165) is 18.4 Å². The van der Waals surface area contributed by atoms with Crippen LogP contribution in [-0.4, -0.2) is 22.7 Å². The lowest BCUT2D eigenvalue weighted by atomic mass is 9.62. The molecule has 4 N–H and O–H groups in total. The number of benzene rings is 1. The summed E-state index contributed by atoms with van der Waals surface area (Å²) in [4.78, 5) is 3.21. The van der Waals surface area contributed by atoms with Crippen molar-refractivity contribution in [2.75, 3.05) is 6.54 Å². The molecule has 0 amide bonds. The standard InChI is InChI=1S/C13H16N2O/c14-8-13(6-9(16)7-13)11-2-1-3-12-10(11)4-5-15-12/h1-5,9,15-16H,6-8,14H2. The van der Waals surface area contributed by atoms with E-state index in [9.17, 15) is 5.11 Å². The highest BCUT2D eigenvalue weighted by Crippen LogP contribution is 2.45. The molecule has 1 heterocycles. The van der Waals surface area contributed by atoms with Crippen molar-refractivity contribution in [3.63, 3.8) is 0 Å². The minimum absolute atomic E-state index is 0.0128. The number of aliphatic hydroxyl groups excluding tert-OH is 1. The Hall–Kier alpha value is -1.32. The second-order valence-electron chi connectivity index (χ2n) is 4.79. The number of hydrogen-bond donors (Lipinski definition) is 3. The maximum atomic E-state index is 9.54. The lowest BCUT2D eigenvalue weighted by molar-refractivity contribution is 0.0229.